The number of benzene rings is 2. The van der Waals surface area contributed by atoms with E-state index in [1.165, 1.54) is 46.9 Å². The average molecular weight is 483 g/mol. The Morgan fingerprint density at radius 1 is 1.06 bits per heavy atom. The van der Waals surface area contributed by atoms with Crippen molar-refractivity contribution in [3.63, 3.8) is 0 Å². The Morgan fingerprint density at radius 3 is 2.50 bits per heavy atom. The van der Waals surface area contributed by atoms with Gasteiger partial charge < -0.3 is 4.42 Å². The van der Waals surface area contributed by atoms with E-state index in [-0.39, 0.29) is 16.1 Å². The Hall–Kier alpha value is -3.83. The van der Waals surface area contributed by atoms with Crippen LogP contribution in [0.25, 0.3) is 11.3 Å². The van der Waals surface area contributed by atoms with Crippen molar-refractivity contribution in [1.29, 1.82) is 0 Å². The monoisotopic (exact) mass is 482 g/mol. The molecule has 0 bridgehead atoms. The van der Waals surface area contributed by atoms with Gasteiger partial charge in [0.2, 0.25) is 10.0 Å². The number of hydrazone groups is 1. The van der Waals surface area contributed by atoms with E-state index >= 15 is 0 Å². The summed E-state index contributed by atoms with van der Waals surface area (Å²) in [6.07, 6.45) is 3.97. The van der Waals surface area contributed by atoms with E-state index in [9.17, 15) is 23.3 Å². The van der Waals surface area contributed by atoms with Gasteiger partial charge in [0.15, 0.2) is 0 Å². The van der Waals surface area contributed by atoms with Crippen LogP contribution in [0.2, 0.25) is 0 Å². The van der Waals surface area contributed by atoms with Crippen molar-refractivity contribution in [2.45, 2.75) is 24.2 Å². The highest BCUT2D eigenvalue weighted by Crippen LogP contribution is 2.24. The first kappa shape index (κ1) is 23.3. The van der Waals surface area contributed by atoms with Crippen LogP contribution in [0.4, 0.5) is 5.69 Å². The van der Waals surface area contributed by atoms with Gasteiger partial charge in [-0.15, -0.1) is 0 Å². The molecule has 1 aliphatic heterocycles. The maximum atomic E-state index is 12.9. The molecular formula is C23H22N4O6S. The number of non-ortho nitro benzene ring substituents is 1. The van der Waals surface area contributed by atoms with E-state index in [1.54, 1.807) is 24.3 Å². The molecular weight excluding hydrogens is 460 g/mol. The minimum atomic E-state index is -3.65. The summed E-state index contributed by atoms with van der Waals surface area (Å²) in [5.74, 6) is 0.280. The van der Waals surface area contributed by atoms with E-state index in [2.05, 4.69) is 10.5 Å². The number of nitrogens with zero attached hydrogens (tertiary/aromatic N) is 3. The lowest BCUT2D eigenvalue weighted by Crippen LogP contribution is -2.35. The maximum absolute atomic E-state index is 12.9. The lowest BCUT2D eigenvalue weighted by atomic mass is 10.1. The summed E-state index contributed by atoms with van der Waals surface area (Å²) < 4.78 is 32.8. The Bertz CT molecular complexity index is 1330. The van der Waals surface area contributed by atoms with Gasteiger partial charge in [-0.05, 0) is 55.3 Å². The van der Waals surface area contributed by atoms with Crippen molar-refractivity contribution in [2.24, 2.45) is 5.10 Å². The van der Waals surface area contributed by atoms with E-state index in [0.29, 0.717) is 30.2 Å². The predicted molar refractivity (Wildman–Crippen MR) is 125 cm³/mol. The molecule has 1 N–H and O–H groups in total. The van der Waals surface area contributed by atoms with Gasteiger partial charge in [-0.2, -0.15) is 9.41 Å². The minimum Gasteiger partial charge on any atom is -0.455 e. The van der Waals surface area contributed by atoms with E-state index in [0.717, 1.165) is 19.3 Å². The van der Waals surface area contributed by atoms with Crippen molar-refractivity contribution in [1.82, 2.24) is 9.73 Å². The van der Waals surface area contributed by atoms with Gasteiger partial charge in [0.25, 0.3) is 11.6 Å². The molecule has 11 heteroatoms. The van der Waals surface area contributed by atoms with Crippen molar-refractivity contribution < 1.29 is 22.6 Å². The third-order valence-corrected chi connectivity index (χ3v) is 7.29. The highest BCUT2D eigenvalue weighted by Gasteiger charge is 2.26. The third-order valence-electron chi connectivity index (χ3n) is 5.40. The van der Waals surface area contributed by atoms with Crippen LogP contribution in [0.15, 0.2) is 75.1 Å². The molecule has 0 radical (unpaired) electrons. The zero-order valence-electron chi connectivity index (χ0n) is 18.1. The molecule has 1 saturated heterocycles. The predicted octanol–water partition coefficient (Wildman–Crippen LogP) is 3.79. The van der Waals surface area contributed by atoms with E-state index in [4.69, 9.17) is 4.42 Å². The molecule has 0 aliphatic carbocycles. The lowest BCUT2D eigenvalue weighted by Gasteiger charge is -2.25. The number of nitro groups is 1. The molecule has 1 fully saturated rings. The number of rotatable bonds is 7. The lowest BCUT2D eigenvalue weighted by molar-refractivity contribution is -0.384. The zero-order valence-corrected chi connectivity index (χ0v) is 18.9. The Morgan fingerprint density at radius 2 is 1.79 bits per heavy atom. The number of sulfonamides is 1. The molecule has 10 nitrogen and oxygen atoms in total. The van der Waals surface area contributed by atoms with Crippen molar-refractivity contribution >= 4 is 27.8 Å². The first-order valence-corrected chi connectivity index (χ1v) is 12.1. The number of nitro benzene ring substituents is 1. The second-order valence-electron chi connectivity index (χ2n) is 7.70. The van der Waals surface area contributed by atoms with Gasteiger partial charge in [0.1, 0.15) is 11.5 Å². The van der Waals surface area contributed by atoms with Crippen molar-refractivity contribution in [3.8, 4) is 11.3 Å². The largest absolute Gasteiger partial charge is 0.455 e. The van der Waals surface area contributed by atoms with Crippen LogP contribution in [0.3, 0.4) is 0 Å². The highest BCUT2D eigenvalue weighted by molar-refractivity contribution is 7.89. The summed E-state index contributed by atoms with van der Waals surface area (Å²) >= 11 is 0. The summed E-state index contributed by atoms with van der Waals surface area (Å²) in [6.45, 7) is 0.960. The van der Waals surface area contributed by atoms with Gasteiger partial charge in [-0.25, -0.2) is 13.8 Å². The molecule has 2 heterocycles. The van der Waals surface area contributed by atoms with Gasteiger partial charge in [0, 0.05) is 36.3 Å². The maximum Gasteiger partial charge on any atom is 0.271 e. The molecule has 3 aromatic rings. The minimum absolute atomic E-state index is 0.0207. The summed E-state index contributed by atoms with van der Waals surface area (Å²) in [5.41, 5.74) is 3.16. The number of carbonyl (C=O) groups is 1. The smallest absolute Gasteiger partial charge is 0.271 e. The van der Waals surface area contributed by atoms with Gasteiger partial charge >= 0.3 is 0 Å². The SMILES string of the molecule is O=C(NN=Cc1ccc(-c2ccc([N+](=O)[O-])cc2)o1)c1cccc(S(=O)(=O)N2CCCCC2)c1. The van der Waals surface area contributed by atoms with E-state index in [1.807, 2.05) is 0 Å². The van der Waals surface area contributed by atoms with Gasteiger partial charge in [0.05, 0.1) is 16.0 Å². The molecule has 176 valence electrons. The number of carbonyl (C=O) groups excluding carboxylic acids is 1. The second kappa shape index (κ2) is 9.98. The fourth-order valence-corrected chi connectivity index (χ4v) is 5.16. The van der Waals surface area contributed by atoms with E-state index < -0.39 is 20.9 Å². The Kier molecular flexibility index (Phi) is 6.85. The molecule has 2 aromatic carbocycles. The van der Waals surface area contributed by atoms with Gasteiger partial charge in [-0.3, -0.25) is 14.9 Å². The molecule has 0 spiro atoms. The standard InChI is InChI=1S/C23H22N4O6S/c28-23(18-5-4-6-21(15-18)34(31,32)26-13-2-1-3-14-26)25-24-16-20-11-12-22(33-20)17-7-9-19(10-8-17)27(29)30/h4-12,15-16H,1-3,13-14H2,(H,25,28). The quantitative estimate of drug-likeness (QED) is 0.309. The third kappa shape index (κ3) is 5.21. The topological polar surface area (TPSA) is 135 Å². The summed E-state index contributed by atoms with van der Waals surface area (Å²) in [4.78, 5) is 22.8. The number of nitrogens with one attached hydrogen (secondary N) is 1. The molecule has 0 unspecified atom stereocenters. The fourth-order valence-electron chi connectivity index (χ4n) is 3.60. The fraction of sp³-hybridized carbons (Fsp3) is 0.217. The molecule has 4 rings (SSSR count). The van der Waals surface area contributed by atoms with Crippen LogP contribution in [-0.4, -0.2) is 42.9 Å². The zero-order chi connectivity index (χ0) is 24.1. The molecule has 1 amide bonds. The number of hydrogen-bond donors (Lipinski definition) is 1. The number of hydrogen-bond acceptors (Lipinski definition) is 7. The first-order chi connectivity index (χ1) is 16.3. The van der Waals surface area contributed by atoms with Gasteiger partial charge in [-0.1, -0.05) is 12.5 Å². The summed E-state index contributed by atoms with van der Waals surface area (Å²) in [6, 6.07) is 15.1. The molecule has 1 aromatic heterocycles. The van der Waals surface area contributed by atoms with Crippen molar-refractivity contribution in [3.05, 3.63) is 82.1 Å². The molecule has 1 aliphatic rings. The number of amides is 1. The van der Waals surface area contributed by atoms with Crippen LogP contribution < -0.4 is 5.43 Å². The first-order valence-electron chi connectivity index (χ1n) is 10.6. The number of piperidine rings is 1. The van der Waals surface area contributed by atoms with Crippen LogP contribution in [-0.2, 0) is 10.0 Å². The van der Waals surface area contributed by atoms with Crippen LogP contribution in [0, 0.1) is 10.1 Å². The number of furan rings is 1. The molecule has 34 heavy (non-hydrogen) atoms. The van der Waals surface area contributed by atoms with Crippen LogP contribution >= 0.6 is 0 Å². The normalized spacial score (nSPS) is 14.8. The Labute approximate surface area is 196 Å². The van der Waals surface area contributed by atoms with Crippen molar-refractivity contribution in [2.75, 3.05) is 13.1 Å². The van der Waals surface area contributed by atoms with Crippen LogP contribution in [0.1, 0.15) is 35.4 Å². The average Bonchev–Trinajstić information content (AvgIpc) is 3.33. The van der Waals surface area contributed by atoms with Crippen LogP contribution in [0.5, 0.6) is 0 Å². The Balaban J connectivity index is 1.41. The molecule has 0 atom stereocenters. The summed E-state index contributed by atoms with van der Waals surface area (Å²) in [7, 11) is -3.65. The molecule has 0 saturated carbocycles. The summed E-state index contributed by atoms with van der Waals surface area (Å²) in [5, 5.41) is 14.6. The highest BCUT2D eigenvalue weighted by atomic mass is 32.2. The second-order valence-corrected chi connectivity index (χ2v) is 9.64.